The van der Waals surface area contributed by atoms with Gasteiger partial charge < -0.3 is 10.1 Å². The van der Waals surface area contributed by atoms with Gasteiger partial charge in [-0.25, -0.2) is 0 Å². The van der Waals surface area contributed by atoms with Crippen molar-refractivity contribution in [3.8, 4) is 0 Å². The van der Waals surface area contributed by atoms with Crippen LogP contribution in [0.5, 0.6) is 0 Å². The number of methoxy groups -OCH3 is 1. The van der Waals surface area contributed by atoms with Crippen LogP contribution in [0.4, 0.5) is 0 Å². The van der Waals surface area contributed by atoms with Crippen molar-refractivity contribution in [1.29, 1.82) is 0 Å². The van der Waals surface area contributed by atoms with Gasteiger partial charge in [0.05, 0.1) is 6.10 Å². The van der Waals surface area contributed by atoms with Crippen molar-refractivity contribution < 1.29 is 4.74 Å². The molecule has 98 valence electrons. The Bertz CT molecular complexity index is 148. The number of hydrogen-bond donors (Lipinski definition) is 1. The van der Waals surface area contributed by atoms with Crippen LogP contribution < -0.4 is 5.32 Å². The van der Waals surface area contributed by atoms with Crippen molar-refractivity contribution in [3.63, 3.8) is 0 Å². The van der Waals surface area contributed by atoms with Gasteiger partial charge in [0, 0.05) is 13.2 Å². The topological polar surface area (TPSA) is 21.3 Å². The van der Waals surface area contributed by atoms with Gasteiger partial charge in [-0.3, -0.25) is 0 Å². The molecule has 0 spiro atoms. The first-order chi connectivity index (χ1) is 7.67. The number of nitrogens with one attached hydrogen (secondary N) is 1. The summed E-state index contributed by atoms with van der Waals surface area (Å²) < 4.78 is 5.58. The standard InChI is InChI=1S/C14H31NO/c1-6-7-8-9-10-11-13(15-4)14(16-5)12(2)3/h12-15H,6-11H2,1-5H3. The first-order valence-corrected chi connectivity index (χ1v) is 6.87. The molecule has 0 saturated carbocycles. The van der Waals surface area contributed by atoms with Crippen LogP contribution in [0.3, 0.4) is 0 Å². The fourth-order valence-corrected chi connectivity index (χ4v) is 2.34. The molecule has 0 aromatic heterocycles. The lowest BCUT2D eigenvalue weighted by Crippen LogP contribution is -2.41. The van der Waals surface area contributed by atoms with E-state index in [9.17, 15) is 0 Å². The van der Waals surface area contributed by atoms with Crippen molar-refractivity contribution in [1.82, 2.24) is 5.32 Å². The van der Waals surface area contributed by atoms with Crippen LogP contribution in [0.15, 0.2) is 0 Å². The van der Waals surface area contributed by atoms with Crippen LogP contribution in [-0.2, 0) is 4.74 Å². The molecule has 0 bridgehead atoms. The molecule has 0 saturated heterocycles. The predicted molar refractivity (Wildman–Crippen MR) is 71.9 cm³/mol. The van der Waals surface area contributed by atoms with E-state index in [-0.39, 0.29) is 0 Å². The summed E-state index contributed by atoms with van der Waals surface area (Å²) in [4.78, 5) is 0. The maximum absolute atomic E-state index is 5.58. The zero-order chi connectivity index (χ0) is 12.4. The SMILES string of the molecule is CCCCCCCC(NC)C(OC)C(C)C. The van der Waals surface area contributed by atoms with Crippen LogP contribution in [0.1, 0.15) is 59.3 Å². The third-order valence-electron chi connectivity index (χ3n) is 3.32. The fourth-order valence-electron chi connectivity index (χ4n) is 2.34. The summed E-state index contributed by atoms with van der Waals surface area (Å²) in [7, 11) is 3.87. The monoisotopic (exact) mass is 229 g/mol. The highest BCUT2D eigenvalue weighted by Gasteiger charge is 2.22. The summed E-state index contributed by atoms with van der Waals surface area (Å²) in [5.41, 5.74) is 0. The van der Waals surface area contributed by atoms with Crippen LogP contribution in [0.2, 0.25) is 0 Å². The molecule has 0 heterocycles. The Hall–Kier alpha value is -0.0800. The zero-order valence-electron chi connectivity index (χ0n) is 11.9. The molecular formula is C14H31NO. The average molecular weight is 229 g/mol. The quantitative estimate of drug-likeness (QED) is 0.578. The van der Waals surface area contributed by atoms with Crippen LogP contribution in [0, 0.1) is 5.92 Å². The van der Waals surface area contributed by atoms with Gasteiger partial charge in [0.2, 0.25) is 0 Å². The number of rotatable bonds is 10. The summed E-state index contributed by atoms with van der Waals surface area (Å²) in [6.07, 6.45) is 8.34. The summed E-state index contributed by atoms with van der Waals surface area (Å²) >= 11 is 0. The molecule has 0 aromatic carbocycles. The lowest BCUT2D eigenvalue weighted by molar-refractivity contribution is 0.0322. The number of ether oxygens (including phenoxy) is 1. The fraction of sp³-hybridized carbons (Fsp3) is 1.00. The number of likely N-dealkylation sites (N-methyl/N-ethyl adjacent to an activating group) is 1. The molecular weight excluding hydrogens is 198 g/mol. The maximum Gasteiger partial charge on any atom is 0.0746 e. The minimum absolute atomic E-state index is 0.344. The Morgan fingerprint density at radius 2 is 1.69 bits per heavy atom. The molecule has 0 rings (SSSR count). The van der Waals surface area contributed by atoms with Gasteiger partial charge >= 0.3 is 0 Å². The zero-order valence-corrected chi connectivity index (χ0v) is 11.9. The summed E-state index contributed by atoms with van der Waals surface area (Å²) in [6.45, 7) is 6.72. The summed E-state index contributed by atoms with van der Waals surface area (Å²) in [5.74, 6) is 0.582. The predicted octanol–water partition coefficient (Wildman–Crippen LogP) is 3.61. The molecule has 2 nitrogen and oxygen atoms in total. The van der Waals surface area contributed by atoms with Crippen molar-refractivity contribution in [2.24, 2.45) is 5.92 Å². The maximum atomic E-state index is 5.58. The van der Waals surface area contributed by atoms with E-state index in [4.69, 9.17) is 4.74 Å². The second-order valence-electron chi connectivity index (χ2n) is 5.04. The van der Waals surface area contributed by atoms with Crippen molar-refractivity contribution >= 4 is 0 Å². The highest BCUT2D eigenvalue weighted by molar-refractivity contribution is 4.78. The Kier molecular flexibility index (Phi) is 10.0. The van der Waals surface area contributed by atoms with Gasteiger partial charge in [-0.1, -0.05) is 52.9 Å². The minimum Gasteiger partial charge on any atom is -0.380 e. The number of hydrogen-bond acceptors (Lipinski definition) is 2. The summed E-state index contributed by atoms with van der Waals surface area (Å²) in [5, 5.41) is 3.40. The molecule has 0 fully saturated rings. The molecule has 16 heavy (non-hydrogen) atoms. The molecule has 0 aliphatic rings. The van der Waals surface area contributed by atoms with Crippen molar-refractivity contribution in [2.75, 3.05) is 14.2 Å². The van der Waals surface area contributed by atoms with E-state index in [1.807, 2.05) is 14.2 Å². The van der Waals surface area contributed by atoms with E-state index < -0.39 is 0 Å². The van der Waals surface area contributed by atoms with E-state index >= 15 is 0 Å². The molecule has 2 atom stereocenters. The molecule has 1 N–H and O–H groups in total. The Labute approximate surface area is 102 Å². The van der Waals surface area contributed by atoms with Gasteiger partial charge in [0.15, 0.2) is 0 Å². The van der Waals surface area contributed by atoms with E-state index in [0.717, 1.165) is 0 Å². The molecule has 2 heteroatoms. The van der Waals surface area contributed by atoms with Gasteiger partial charge in [0.25, 0.3) is 0 Å². The molecule has 0 radical (unpaired) electrons. The molecule has 0 aliphatic heterocycles. The second-order valence-corrected chi connectivity index (χ2v) is 5.04. The molecule has 0 aromatic rings. The van der Waals surface area contributed by atoms with E-state index in [1.54, 1.807) is 0 Å². The Morgan fingerprint density at radius 3 is 2.12 bits per heavy atom. The normalized spacial score (nSPS) is 15.4. The van der Waals surface area contributed by atoms with E-state index in [2.05, 4.69) is 26.1 Å². The first kappa shape index (κ1) is 15.9. The van der Waals surface area contributed by atoms with Crippen LogP contribution in [0.25, 0.3) is 0 Å². The van der Waals surface area contributed by atoms with E-state index in [0.29, 0.717) is 18.1 Å². The van der Waals surface area contributed by atoms with Gasteiger partial charge in [-0.15, -0.1) is 0 Å². The van der Waals surface area contributed by atoms with Crippen LogP contribution >= 0.6 is 0 Å². The Balaban J connectivity index is 3.80. The lowest BCUT2D eigenvalue weighted by Gasteiger charge is -2.28. The third kappa shape index (κ3) is 6.49. The van der Waals surface area contributed by atoms with Gasteiger partial charge in [-0.05, 0) is 19.4 Å². The average Bonchev–Trinajstić information content (AvgIpc) is 2.26. The highest BCUT2D eigenvalue weighted by Crippen LogP contribution is 2.16. The first-order valence-electron chi connectivity index (χ1n) is 6.87. The lowest BCUT2D eigenvalue weighted by atomic mass is 9.95. The second kappa shape index (κ2) is 10.1. The van der Waals surface area contributed by atoms with Crippen molar-refractivity contribution in [2.45, 2.75) is 71.4 Å². The molecule has 0 aliphatic carbocycles. The molecule has 2 unspecified atom stereocenters. The van der Waals surface area contributed by atoms with Gasteiger partial charge in [0.1, 0.15) is 0 Å². The summed E-state index contributed by atoms with van der Waals surface area (Å²) in [6, 6.07) is 0.506. The van der Waals surface area contributed by atoms with Gasteiger partial charge in [-0.2, -0.15) is 0 Å². The smallest absolute Gasteiger partial charge is 0.0746 e. The largest absolute Gasteiger partial charge is 0.380 e. The van der Waals surface area contributed by atoms with Crippen molar-refractivity contribution in [3.05, 3.63) is 0 Å². The molecule has 0 amide bonds. The van der Waals surface area contributed by atoms with Crippen LogP contribution in [-0.4, -0.2) is 26.3 Å². The third-order valence-corrected chi connectivity index (χ3v) is 3.32. The number of unbranched alkanes of at least 4 members (excludes halogenated alkanes) is 4. The Morgan fingerprint density at radius 1 is 1.06 bits per heavy atom. The van der Waals surface area contributed by atoms with E-state index in [1.165, 1.54) is 38.5 Å². The highest BCUT2D eigenvalue weighted by atomic mass is 16.5. The minimum atomic E-state index is 0.344.